The van der Waals surface area contributed by atoms with E-state index in [1.807, 2.05) is 24.7 Å². The fraction of sp³-hybridized carbons (Fsp3) is 0.500. The quantitative estimate of drug-likeness (QED) is 0.750. The van der Waals surface area contributed by atoms with Gasteiger partial charge < -0.3 is 9.30 Å². The van der Waals surface area contributed by atoms with Gasteiger partial charge in [-0.25, -0.2) is 9.37 Å². The van der Waals surface area contributed by atoms with Gasteiger partial charge in [0, 0.05) is 50.7 Å². The Morgan fingerprint density at radius 3 is 3.00 bits per heavy atom. The molecular formula is C18H24FN3O. The van der Waals surface area contributed by atoms with E-state index in [4.69, 9.17) is 4.74 Å². The van der Waals surface area contributed by atoms with Crippen molar-refractivity contribution in [3.05, 3.63) is 54.4 Å². The van der Waals surface area contributed by atoms with Gasteiger partial charge in [0.1, 0.15) is 5.82 Å². The Labute approximate surface area is 136 Å². The summed E-state index contributed by atoms with van der Waals surface area (Å²) in [6.45, 7) is 5.20. The zero-order valence-corrected chi connectivity index (χ0v) is 13.4. The first-order valence-electron chi connectivity index (χ1n) is 8.30. The van der Waals surface area contributed by atoms with E-state index >= 15 is 0 Å². The normalized spacial score (nSPS) is 17.9. The Kier molecular flexibility index (Phi) is 5.77. The minimum Gasteiger partial charge on any atom is -0.381 e. The van der Waals surface area contributed by atoms with Crippen LogP contribution in [0.3, 0.4) is 0 Å². The molecule has 1 fully saturated rings. The van der Waals surface area contributed by atoms with Crippen LogP contribution in [0, 0.1) is 11.7 Å². The number of nitrogens with zero attached hydrogens (tertiary/aromatic N) is 3. The molecule has 0 saturated carbocycles. The lowest BCUT2D eigenvalue weighted by atomic mass is 10.1. The Morgan fingerprint density at radius 2 is 2.26 bits per heavy atom. The molecule has 1 aliphatic heterocycles. The predicted octanol–water partition coefficient (Wildman–Crippen LogP) is 2.95. The van der Waals surface area contributed by atoms with Crippen molar-refractivity contribution < 1.29 is 9.13 Å². The fourth-order valence-corrected chi connectivity index (χ4v) is 3.09. The average Bonchev–Trinajstić information content (AvgIpc) is 3.23. The zero-order chi connectivity index (χ0) is 15.9. The highest BCUT2D eigenvalue weighted by Crippen LogP contribution is 2.17. The highest BCUT2D eigenvalue weighted by Gasteiger charge is 2.19. The molecule has 0 bridgehead atoms. The second-order valence-corrected chi connectivity index (χ2v) is 6.21. The number of ether oxygens (including phenoxy) is 1. The number of benzene rings is 1. The number of aromatic nitrogens is 2. The van der Waals surface area contributed by atoms with E-state index in [0.717, 1.165) is 51.3 Å². The Morgan fingerprint density at radius 1 is 1.35 bits per heavy atom. The highest BCUT2D eigenvalue weighted by molar-refractivity contribution is 5.17. The van der Waals surface area contributed by atoms with E-state index in [-0.39, 0.29) is 5.82 Å². The van der Waals surface area contributed by atoms with Crippen LogP contribution < -0.4 is 0 Å². The maximum absolute atomic E-state index is 13.9. The summed E-state index contributed by atoms with van der Waals surface area (Å²) in [5.41, 5.74) is 0.772. The molecular weight excluding hydrogens is 293 g/mol. The van der Waals surface area contributed by atoms with Crippen LogP contribution in [0.5, 0.6) is 0 Å². The summed E-state index contributed by atoms with van der Waals surface area (Å²) in [5, 5.41) is 0. The van der Waals surface area contributed by atoms with Crippen molar-refractivity contribution in [2.45, 2.75) is 25.9 Å². The van der Waals surface area contributed by atoms with E-state index in [1.54, 1.807) is 12.3 Å². The van der Waals surface area contributed by atoms with Crippen LogP contribution >= 0.6 is 0 Å². The third-order valence-corrected chi connectivity index (χ3v) is 4.34. The summed E-state index contributed by atoms with van der Waals surface area (Å²) in [6, 6.07) is 7.06. The Hall–Kier alpha value is -1.72. The first-order valence-corrected chi connectivity index (χ1v) is 8.30. The van der Waals surface area contributed by atoms with Gasteiger partial charge in [0.25, 0.3) is 0 Å². The largest absolute Gasteiger partial charge is 0.381 e. The molecule has 23 heavy (non-hydrogen) atoms. The second-order valence-electron chi connectivity index (χ2n) is 6.21. The van der Waals surface area contributed by atoms with Crippen LogP contribution in [0.2, 0.25) is 0 Å². The molecule has 0 N–H and O–H groups in total. The number of hydrogen-bond donors (Lipinski definition) is 0. The smallest absolute Gasteiger partial charge is 0.127 e. The molecule has 1 atom stereocenters. The van der Waals surface area contributed by atoms with Crippen LogP contribution in [0.4, 0.5) is 4.39 Å². The maximum atomic E-state index is 13.9. The Bertz CT molecular complexity index is 582. The van der Waals surface area contributed by atoms with E-state index in [2.05, 4.69) is 14.5 Å². The molecule has 1 aromatic heterocycles. The van der Waals surface area contributed by atoms with Gasteiger partial charge in [0.2, 0.25) is 0 Å². The number of rotatable bonds is 8. The predicted molar refractivity (Wildman–Crippen MR) is 87.4 cm³/mol. The average molecular weight is 317 g/mol. The van der Waals surface area contributed by atoms with Crippen LogP contribution in [0.25, 0.3) is 0 Å². The van der Waals surface area contributed by atoms with E-state index in [1.165, 1.54) is 6.07 Å². The van der Waals surface area contributed by atoms with Crippen LogP contribution in [-0.2, 0) is 17.8 Å². The fourth-order valence-electron chi connectivity index (χ4n) is 3.09. The monoisotopic (exact) mass is 317 g/mol. The van der Waals surface area contributed by atoms with Gasteiger partial charge in [-0.1, -0.05) is 18.2 Å². The van der Waals surface area contributed by atoms with Crippen molar-refractivity contribution in [1.82, 2.24) is 14.5 Å². The SMILES string of the molecule is Fc1ccccc1CN(CCCn1ccnc1)C[C@H]1CCOC1. The van der Waals surface area contributed by atoms with Gasteiger partial charge in [-0.05, 0) is 24.8 Å². The lowest BCUT2D eigenvalue weighted by molar-refractivity contribution is 0.162. The summed E-state index contributed by atoms with van der Waals surface area (Å²) >= 11 is 0. The lowest BCUT2D eigenvalue weighted by Gasteiger charge is -2.25. The molecule has 1 saturated heterocycles. The highest BCUT2D eigenvalue weighted by atomic mass is 19.1. The first-order chi connectivity index (χ1) is 11.3. The maximum Gasteiger partial charge on any atom is 0.127 e. The van der Waals surface area contributed by atoms with Gasteiger partial charge in [0.05, 0.1) is 12.9 Å². The van der Waals surface area contributed by atoms with Gasteiger partial charge in [-0.2, -0.15) is 0 Å². The number of aryl methyl sites for hydroxylation is 1. The van der Waals surface area contributed by atoms with Gasteiger partial charge in [-0.3, -0.25) is 4.90 Å². The van der Waals surface area contributed by atoms with Crippen molar-refractivity contribution >= 4 is 0 Å². The molecule has 3 rings (SSSR count). The Balaban J connectivity index is 1.57. The molecule has 2 heterocycles. The second kappa shape index (κ2) is 8.22. The van der Waals surface area contributed by atoms with E-state index in [9.17, 15) is 4.39 Å². The number of imidazole rings is 1. The molecule has 4 nitrogen and oxygen atoms in total. The molecule has 0 unspecified atom stereocenters. The molecule has 0 aliphatic carbocycles. The summed E-state index contributed by atoms with van der Waals surface area (Å²) < 4.78 is 21.5. The lowest BCUT2D eigenvalue weighted by Crippen LogP contribution is -2.31. The topological polar surface area (TPSA) is 30.3 Å². The van der Waals surface area contributed by atoms with Crippen molar-refractivity contribution in [2.24, 2.45) is 5.92 Å². The summed E-state index contributed by atoms with van der Waals surface area (Å²) in [4.78, 5) is 6.42. The van der Waals surface area contributed by atoms with Crippen molar-refractivity contribution in [1.29, 1.82) is 0 Å². The molecule has 0 spiro atoms. The molecule has 0 radical (unpaired) electrons. The number of hydrogen-bond acceptors (Lipinski definition) is 3. The molecule has 0 amide bonds. The van der Waals surface area contributed by atoms with E-state index in [0.29, 0.717) is 12.5 Å². The summed E-state index contributed by atoms with van der Waals surface area (Å²) in [6.07, 6.45) is 7.75. The van der Waals surface area contributed by atoms with Crippen molar-refractivity contribution in [2.75, 3.05) is 26.3 Å². The van der Waals surface area contributed by atoms with Crippen LogP contribution in [-0.4, -0.2) is 40.8 Å². The first kappa shape index (κ1) is 16.1. The van der Waals surface area contributed by atoms with Crippen molar-refractivity contribution in [3.63, 3.8) is 0 Å². The molecule has 5 heteroatoms. The minimum atomic E-state index is -0.116. The van der Waals surface area contributed by atoms with Crippen LogP contribution in [0.15, 0.2) is 43.0 Å². The summed E-state index contributed by atoms with van der Waals surface area (Å²) in [7, 11) is 0. The molecule has 2 aromatic rings. The van der Waals surface area contributed by atoms with Gasteiger partial charge in [0.15, 0.2) is 0 Å². The summed E-state index contributed by atoms with van der Waals surface area (Å²) in [5.74, 6) is 0.449. The molecule has 1 aliphatic rings. The van der Waals surface area contributed by atoms with Crippen LogP contribution in [0.1, 0.15) is 18.4 Å². The third kappa shape index (κ3) is 4.88. The molecule has 124 valence electrons. The van der Waals surface area contributed by atoms with Gasteiger partial charge in [-0.15, -0.1) is 0 Å². The minimum absolute atomic E-state index is 0.116. The zero-order valence-electron chi connectivity index (χ0n) is 13.4. The number of halogens is 1. The van der Waals surface area contributed by atoms with Gasteiger partial charge >= 0.3 is 0 Å². The third-order valence-electron chi connectivity index (χ3n) is 4.34. The standard InChI is InChI=1S/C18H24FN3O/c19-18-5-2-1-4-17(18)13-22(12-16-6-11-23-14-16)9-3-8-21-10-7-20-15-21/h1-2,4-5,7,10,15-16H,3,6,8-9,11-14H2/t16-/m1/s1. The molecule has 1 aromatic carbocycles. The van der Waals surface area contributed by atoms with E-state index < -0.39 is 0 Å². The van der Waals surface area contributed by atoms with Crippen molar-refractivity contribution in [3.8, 4) is 0 Å².